The van der Waals surface area contributed by atoms with Crippen LogP contribution in [0.25, 0.3) is 0 Å². The number of thioether (sulfide) groups is 1. The first kappa shape index (κ1) is 13.4. The zero-order valence-electron chi connectivity index (χ0n) is 10.0. The summed E-state index contributed by atoms with van der Waals surface area (Å²) in [6.45, 7) is 1.97. The lowest BCUT2D eigenvalue weighted by molar-refractivity contribution is 0.102. The van der Waals surface area contributed by atoms with Crippen molar-refractivity contribution in [1.29, 1.82) is 0 Å². The van der Waals surface area contributed by atoms with Crippen molar-refractivity contribution >= 4 is 33.5 Å². The van der Waals surface area contributed by atoms with Crippen molar-refractivity contribution in [3.8, 4) is 0 Å². The molecule has 0 heterocycles. The highest BCUT2D eigenvalue weighted by Gasteiger charge is 2.08. The standard InChI is InChI=1S/C15H13BrOS/c1-11-5-2-3-8-14(11)15(17)10-18-13-7-4-6-12(16)9-13/h2-9H,10H2,1H3. The van der Waals surface area contributed by atoms with Gasteiger partial charge in [0.15, 0.2) is 5.78 Å². The SMILES string of the molecule is Cc1ccccc1C(=O)CSc1cccc(Br)c1. The molecule has 1 nitrogen and oxygen atoms in total. The van der Waals surface area contributed by atoms with Crippen LogP contribution in [-0.2, 0) is 0 Å². The normalized spacial score (nSPS) is 10.3. The number of hydrogen-bond donors (Lipinski definition) is 0. The number of Topliss-reactive ketones (excluding diaryl/α,β-unsaturated/α-hetero) is 1. The molecule has 0 bridgehead atoms. The van der Waals surface area contributed by atoms with Crippen LogP contribution in [0, 0.1) is 6.92 Å². The maximum absolute atomic E-state index is 12.1. The van der Waals surface area contributed by atoms with Crippen LogP contribution in [0.15, 0.2) is 57.9 Å². The summed E-state index contributed by atoms with van der Waals surface area (Å²) in [6, 6.07) is 15.7. The number of aryl methyl sites for hydroxylation is 1. The quantitative estimate of drug-likeness (QED) is 0.598. The molecule has 0 radical (unpaired) electrons. The number of rotatable bonds is 4. The molecule has 0 amide bonds. The van der Waals surface area contributed by atoms with Crippen molar-refractivity contribution in [2.75, 3.05) is 5.75 Å². The Kier molecular flexibility index (Phi) is 4.61. The van der Waals surface area contributed by atoms with Crippen molar-refractivity contribution in [1.82, 2.24) is 0 Å². The average Bonchev–Trinajstić information content (AvgIpc) is 2.37. The van der Waals surface area contributed by atoms with Crippen LogP contribution < -0.4 is 0 Å². The van der Waals surface area contributed by atoms with E-state index in [1.54, 1.807) is 11.8 Å². The summed E-state index contributed by atoms with van der Waals surface area (Å²) in [5.74, 6) is 0.652. The van der Waals surface area contributed by atoms with E-state index in [2.05, 4.69) is 15.9 Å². The summed E-state index contributed by atoms with van der Waals surface area (Å²) in [6.07, 6.45) is 0. The molecule has 0 saturated heterocycles. The molecule has 0 saturated carbocycles. The van der Waals surface area contributed by atoms with Crippen molar-refractivity contribution in [2.24, 2.45) is 0 Å². The van der Waals surface area contributed by atoms with Gasteiger partial charge in [-0.25, -0.2) is 0 Å². The minimum Gasteiger partial charge on any atom is -0.293 e. The molecular formula is C15H13BrOS. The molecule has 3 heteroatoms. The van der Waals surface area contributed by atoms with Gasteiger partial charge >= 0.3 is 0 Å². The summed E-state index contributed by atoms with van der Waals surface area (Å²) in [4.78, 5) is 13.2. The van der Waals surface area contributed by atoms with Gasteiger partial charge in [-0.1, -0.05) is 46.3 Å². The number of benzene rings is 2. The minimum atomic E-state index is 0.179. The third kappa shape index (κ3) is 3.47. The fraction of sp³-hybridized carbons (Fsp3) is 0.133. The summed E-state index contributed by atoms with van der Waals surface area (Å²) < 4.78 is 1.04. The average molecular weight is 321 g/mol. The van der Waals surface area contributed by atoms with E-state index >= 15 is 0 Å². The fourth-order valence-electron chi connectivity index (χ4n) is 1.67. The maximum Gasteiger partial charge on any atom is 0.173 e. The second kappa shape index (κ2) is 6.21. The second-order valence-electron chi connectivity index (χ2n) is 3.98. The molecule has 92 valence electrons. The van der Waals surface area contributed by atoms with Gasteiger partial charge in [0.2, 0.25) is 0 Å². The first-order valence-corrected chi connectivity index (χ1v) is 7.42. The van der Waals surface area contributed by atoms with E-state index in [0.29, 0.717) is 5.75 Å². The van der Waals surface area contributed by atoms with Gasteiger partial charge in [-0.05, 0) is 30.7 Å². The molecule has 0 aromatic heterocycles. The molecule has 0 aliphatic carbocycles. The number of hydrogen-bond acceptors (Lipinski definition) is 2. The number of carbonyl (C=O) groups excluding carboxylic acids is 1. The predicted molar refractivity (Wildman–Crippen MR) is 80.4 cm³/mol. The van der Waals surface area contributed by atoms with E-state index in [0.717, 1.165) is 20.5 Å². The van der Waals surface area contributed by atoms with Gasteiger partial charge in [0.05, 0.1) is 5.75 Å². The Hall–Kier alpha value is -1.06. The molecule has 0 unspecified atom stereocenters. The molecule has 0 aliphatic heterocycles. The van der Waals surface area contributed by atoms with E-state index in [4.69, 9.17) is 0 Å². The Bertz CT molecular complexity index is 566. The van der Waals surface area contributed by atoms with Crippen LogP contribution in [0.5, 0.6) is 0 Å². The van der Waals surface area contributed by atoms with E-state index in [-0.39, 0.29) is 5.78 Å². The lowest BCUT2D eigenvalue weighted by Crippen LogP contribution is -2.04. The molecule has 0 aliphatic rings. The van der Waals surface area contributed by atoms with Gasteiger partial charge in [-0.15, -0.1) is 11.8 Å². The minimum absolute atomic E-state index is 0.179. The molecule has 0 spiro atoms. The first-order chi connectivity index (χ1) is 8.66. The lowest BCUT2D eigenvalue weighted by Gasteiger charge is -2.05. The predicted octanol–water partition coefficient (Wildman–Crippen LogP) is 4.73. The highest BCUT2D eigenvalue weighted by atomic mass is 79.9. The molecule has 2 aromatic carbocycles. The van der Waals surface area contributed by atoms with Gasteiger partial charge in [0, 0.05) is 14.9 Å². The second-order valence-corrected chi connectivity index (χ2v) is 5.95. The summed E-state index contributed by atoms with van der Waals surface area (Å²) in [7, 11) is 0. The first-order valence-electron chi connectivity index (χ1n) is 5.64. The van der Waals surface area contributed by atoms with Crippen LogP contribution in [0.1, 0.15) is 15.9 Å². The summed E-state index contributed by atoms with van der Waals surface area (Å²) >= 11 is 4.99. The summed E-state index contributed by atoms with van der Waals surface area (Å²) in [5.41, 5.74) is 1.86. The maximum atomic E-state index is 12.1. The molecule has 0 N–H and O–H groups in total. The molecule has 0 atom stereocenters. The molecule has 2 rings (SSSR count). The van der Waals surface area contributed by atoms with Crippen molar-refractivity contribution in [3.63, 3.8) is 0 Å². The fourth-order valence-corrected chi connectivity index (χ4v) is 3.06. The van der Waals surface area contributed by atoms with E-state index in [1.165, 1.54) is 0 Å². The van der Waals surface area contributed by atoms with Crippen LogP contribution in [-0.4, -0.2) is 11.5 Å². The Morgan fingerprint density at radius 1 is 1.17 bits per heavy atom. The topological polar surface area (TPSA) is 17.1 Å². The van der Waals surface area contributed by atoms with Gasteiger partial charge in [0.1, 0.15) is 0 Å². The van der Waals surface area contributed by atoms with Crippen LogP contribution in [0.3, 0.4) is 0 Å². The van der Waals surface area contributed by atoms with Gasteiger partial charge < -0.3 is 0 Å². The van der Waals surface area contributed by atoms with Crippen LogP contribution in [0.2, 0.25) is 0 Å². The van der Waals surface area contributed by atoms with E-state index in [9.17, 15) is 4.79 Å². The number of ketones is 1. The summed E-state index contributed by atoms with van der Waals surface area (Å²) in [5, 5.41) is 0. The third-order valence-electron chi connectivity index (χ3n) is 2.61. The van der Waals surface area contributed by atoms with Gasteiger partial charge in [0.25, 0.3) is 0 Å². The van der Waals surface area contributed by atoms with Crippen LogP contribution in [0.4, 0.5) is 0 Å². The Morgan fingerprint density at radius 2 is 1.94 bits per heavy atom. The molecule has 2 aromatic rings. The lowest BCUT2D eigenvalue weighted by atomic mass is 10.1. The van der Waals surface area contributed by atoms with Crippen molar-refractivity contribution < 1.29 is 4.79 Å². The number of halogens is 1. The third-order valence-corrected chi connectivity index (χ3v) is 4.10. The van der Waals surface area contributed by atoms with Crippen LogP contribution >= 0.6 is 27.7 Å². The van der Waals surface area contributed by atoms with Crippen molar-refractivity contribution in [2.45, 2.75) is 11.8 Å². The van der Waals surface area contributed by atoms with Gasteiger partial charge in [-0.2, -0.15) is 0 Å². The highest BCUT2D eigenvalue weighted by Crippen LogP contribution is 2.23. The Labute approximate surface area is 120 Å². The molecular weight excluding hydrogens is 308 g/mol. The highest BCUT2D eigenvalue weighted by molar-refractivity contribution is 9.10. The van der Waals surface area contributed by atoms with E-state index in [1.807, 2.05) is 55.5 Å². The smallest absolute Gasteiger partial charge is 0.173 e. The van der Waals surface area contributed by atoms with Crippen molar-refractivity contribution in [3.05, 3.63) is 64.1 Å². The Morgan fingerprint density at radius 3 is 2.67 bits per heavy atom. The zero-order valence-corrected chi connectivity index (χ0v) is 12.4. The van der Waals surface area contributed by atoms with Gasteiger partial charge in [-0.3, -0.25) is 4.79 Å². The number of carbonyl (C=O) groups is 1. The molecule has 0 fully saturated rings. The largest absolute Gasteiger partial charge is 0.293 e. The van der Waals surface area contributed by atoms with E-state index < -0.39 is 0 Å². The molecule has 18 heavy (non-hydrogen) atoms. The monoisotopic (exact) mass is 320 g/mol. The zero-order chi connectivity index (χ0) is 13.0. The Balaban J connectivity index is 2.03.